The van der Waals surface area contributed by atoms with Crippen molar-refractivity contribution in [2.24, 2.45) is 0 Å². The summed E-state index contributed by atoms with van der Waals surface area (Å²) < 4.78 is 11.4. The van der Waals surface area contributed by atoms with Gasteiger partial charge in [0.05, 0.1) is 5.56 Å². The molecule has 0 aliphatic heterocycles. The number of nitrogens with zero attached hydrogens (tertiary/aromatic N) is 1. The molecule has 1 aliphatic rings. The number of carbonyl (C=O) groups is 2. The Morgan fingerprint density at radius 1 is 0.917 bits per heavy atom. The van der Waals surface area contributed by atoms with Crippen LogP contribution in [0.4, 0.5) is 4.79 Å². The van der Waals surface area contributed by atoms with Gasteiger partial charge in [0.1, 0.15) is 12.4 Å². The predicted molar refractivity (Wildman–Crippen MR) is 134 cm³/mol. The Balaban J connectivity index is 1.21. The fraction of sp³-hybridized carbons (Fsp3) is 0.138. The molecule has 1 heterocycles. The van der Waals surface area contributed by atoms with Crippen LogP contribution in [0, 0.1) is 6.92 Å². The highest BCUT2D eigenvalue weighted by Gasteiger charge is 2.28. The molecule has 0 spiro atoms. The number of carboxylic acid groups (broad SMARTS) is 1. The number of ether oxygens (including phenoxy) is 2. The second-order valence-electron chi connectivity index (χ2n) is 8.57. The summed E-state index contributed by atoms with van der Waals surface area (Å²) in [7, 11) is 0. The molecule has 36 heavy (non-hydrogen) atoms. The summed E-state index contributed by atoms with van der Waals surface area (Å²) in [5.74, 6) is -0.371. The van der Waals surface area contributed by atoms with Crippen LogP contribution in [-0.2, 0) is 11.3 Å². The highest BCUT2D eigenvalue weighted by atomic mass is 16.5. The van der Waals surface area contributed by atoms with Crippen molar-refractivity contribution in [3.63, 3.8) is 0 Å². The zero-order valence-corrected chi connectivity index (χ0v) is 19.6. The van der Waals surface area contributed by atoms with Crippen LogP contribution in [0.1, 0.15) is 38.7 Å². The van der Waals surface area contributed by atoms with Crippen LogP contribution in [0.3, 0.4) is 0 Å². The van der Waals surface area contributed by atoms with E-state index >= 15 is 0 Å². The van der Waals surface area contributed by atoms with Crippen LogP contribution in [-0.4, -0.2) is 28.8 Å². The highest BCUT2D eigenvalue weighted by molar-refractivity contribution is 5.88. The molecule has 1 aromatic heterocycles. The number of aromatic nitrogens is 1. The third kappa shape index (κ3) is 4.90. The minimum Gasteiger partial charge on any atom is -0.478 e. The Morgan fingerprint density at radius 3 is 2.31 bits per heavy atom. The lowest BCUT2D eigenvalue weighted by Crippen LogP contribution is -2.25. The average molecular weight is 481 g/mol. The van der Waals surface area contributed by atoms with Gasteiger partial charge in [-0.05, 0) is 59.0 Å². The van der Waals surface area contributed by atoms with Gasteiger partial charge in [0, 0.05) is 24.2 Å². The molecule has 0 bridgehead atoms. The molecule has 0 atom stereocenters. The standard InChI is InChI=1S/C29H24N2O5/c1-18-13-19(14-27(31-18)36-21-8-6-7-20(15-21)28(32)33)16-30-29(34)35-17-26-24-11-4-2-9-22(24)23-10-3-5-12-25(23)26/h2-15,26H,16-17H2,1H3,(H,30,34)(H,32,33). The number of nitrogens with one attached hydrogen (secondary N) is 1. The summed E-state index contributed by atoms with van der Waals surface area (Å²) >= 11 is 0. The first-order valence-electron chi connectivity index (χ1n) is 11.6. The lowest BCUT2D eigenvalue weighted by atomic mass is 9.98. The number of rotatable bonds is 7. The number of amides is 1. The molecule has 7 heteroatoms. The van der Waals surface area contributed by atoms with Crippen molar-refractivity contribution in [3.8, 4) is 22.8 Å². The monoisotopic (exact) mass is 480 g/mol. The van der Waals surface area contributed by atoms with E-state index in [4.69, 9.17) is 9.47 Å². The highest BCUT2D eigenvalue weighted by Crippen LogP contribution is 2.44. The van der Waals surface area contributed by atoms with Crippen LogP contribution >= 0.6 is 0 Å². The Kier molecular flexibility index (Phi) is 6.36. The lowest BCUT2D eigenvalue weighted by molar-refractivity contribution is 0.0696. The molecule has 0 unspecified atom stereocenters. The largest absolute Gasteiger partial charge is 0.478 e. The number of hydrogen-bond acceptors (Lipinski definition) is 5. The zero-order chi connectivity index (χ0) is 25.1. The van der Waals surface area contributed by atoms with Crippen LogP contribution in [0.15, 0.2) is 84.9 Å². The molecule has 1 amide bonds. The first-order valence-corrected chi connectivity index (χ1v) is 11.6. The van der Waals surface area contributed by atoms with E-state index in [0.29, 0.717) is 17.3 Å². The minimum absolute atomic E-state index is 0.00658. The number of benzene rings is 3. The Hall–Kier alpha value is -4.65. The molecule has 0 saturated carbocycles. The molecule has 2 N–H and O–H groups in total. The molecule has 7 nitrogen and oxygen atoms in total. The molecule has 1 aliphatic carbocycles. The molecule has 3 aromatic carbocycles. The normalized spacial score (nSPS) is 11.9. The van der Waals surface area contributed by atoms with Crippen molar-refractivity contribution >= 4 is 12.1 Å². The Labute approximate surface area is 208 Å². The average Bonchev–Trinajstić information content (AvgIpc) is 3.20. The van der Waals surface area contributed by atoms with Crippen molar-refractivity contribution in [2.45, 2.75) is 19.4 Å². The molecule has 180 valence electrons. The quantitative estimate of drug-likeness (QED) is 0.341. The third-order valence-corrected chi connectivity index (χ3v) is 6.07. The van der Waals surface area contributed by atoms with E-state index in [1.807, 2.05) is 37.3 Å². The Bertz CT molecular complexity index is 1400. The van der Waals surface area contributed by atoms with Crippen LogP contribution in [0.2, 0.25) is 0 Å². The predicted octanol–water partition coefficient (Wildman–Crippen LogP) is 5.92. The van der Waals surface area contributed by atoms with Crippen molar-refractivity contribution in [3.05, 3.63) is 113 Å². The van der Waals surface area contributed by atoms with Crippen LogP contribution < -0.4 is 10.1 Å². The molecule has 0 fully saturated rings. The van der Waals surface area contributed by atoms with Crippen LogP contribution in [0.25, 0.3) is 11.1 Å². The molecule has 5 rings (SSSR count). The van der Waals surface area contributed by atoms with Crippen molar-refractivity contribution in [2.75, 3.05) is 6.61 Å². The minimum atomic E-state index is -1.04. The van der Waals surface area contributed by atoms with Gasteiger partial charge in [-0.15, -0.1) is 0 Å². The number of carboxylic acids is 1. The number of carbonyl (C=O) groups excluding carboxylic acids is 1. The number of fused-ring (bicyclic) bond motifs is 3. The van der Waals surface area contributed by atoms with E-state index in [1.54, 1.807) is 18.2 Å². The maximum absolute atomic E-state index is 12.5. The summed E-state index contributed by atoms with van der Waals surface area (Å²) in [6, 6.07) is 26.1. The van der Waals surface area contributed by atoms with E-state index in [2.05, 4.69) is 34.6 Å². The maximum atomic E-state index is 12.5. The topological polar surface area (TPSA) is 97.8 Å². The number of aromatic carboxylic acids is 1. The summed E-state index contributed by atoms with van der Waals surface area (Å²) in [4.78, 5) is 28.1. The molecular weight excluding hydrogens is 456 g/mol. The number of pyridine rings is 1. The Morgan fingerprint density at radius 2 is 1.61 bits per heavy atom. The van der Waals surface area contributed by atoms with E-state index in [0.717, 1.165) is 16.7 Å². The van der Waals surface area contributed by atoms with Gasteiger partial charge in [-0.1, -0.05) is 54.6 Å². The summed E-state index contributed by atoms with van der Waals surface area (Å²) in [6.07, 6.45) is -0.511. The van der Waals surface area contributed by atoms with E-state index < -0.39 is 12.1 Å². The zero-order valence-electron chi connectivity index (χ0n) is 19.6. The summed E-state index contributed by atoms with van der Waals surface area (Å²) in [5.41, 5.74) is 6.27. The number of alkyl carbamates (subject to hydrolysis) is 1. The first-order chi connectivity index (χ1) is 17.5. The van der Waals surface area contributed by atoms with E-state index in [9.17, 15) is 14.7 Å². The van der Waals surface area contributed by atoms with Gasteiger partial charge in [0.2, 0.25) is 5.88 Å². The van der Waals surface area contributed by atoms with E-state index in [-0.39, 0.29) is 24.6 Å². The van der Waals surface area contributed by atoms with Gasteiger partial charge in [0.15, 0.2) is 0 Å². The number of aryl methyl sites for hydroxylation is 1. The molecular formula is C29H24N2O5. The second kappa shape index (κ2) is 9.92. The summed E-state index contributed by atoms with van der Waals surface area (Å²) in [6.45, 7) is 2.28. The second-order valence-corrected chi connectivity index (χ2v) is 8.57. The van der Waals surface area contributed by atoms with Gasteiger partial charge in [-0.25, -0.2) is 14.6 Å². The third-order valence-electron chi connectivity index (χ3n) is 6.07. The van der Waals surface area contributed by atoms with Gasteiger partial charge >= 0.3 is 12.1 Å². The molecule has 4 aromatic rings. The van der Waals surface area contributed by atoms with Crippen molar-refractivity contribution in [1.82, 2.24) is 10.3 Å². The molecule has 0 radical (unpaired) electrons. The SMILES string of the molecule is Cc1cc(CNC(=O)OCC2c3ccccc3-c3ccccc32)cc(Oc2cccc(C(=O)O)c2)n1. The fourth-order valence-corrected chi connectivity index (χ4v) is 4.50. The lowest BCUT2D eigenvalue weighted by Gasteiger charge is -2.15. The fourth-order valence-electron chi connectivity index (χ4n) is 4.50. The van der Waals surface area contributed by atoms with Crippen molar-refractivity contribution < 1.29 is 24.2 Å². The van der Waals surface area contributed by atoms with E-state index in [1.165, 1.54) is 23.3 Å². The van der Waals surface area contributed by atoms with Crippen molar-refractivity contribution in [1.29, 1.82) is 0 Å². The van der Waals surface area contributed by atoms with Gasteiger partial charge in [-0.2, -0.15) is 0 Å². The summed E-state index contributed by atoms with van der Waals surface area (Å²) in [5, 5.41) is 12.0. The smallest absolute Gasteiger partial charge is 0.407 e. The van der Waals surface area contributed by atoms with Gasteiger partial charge in [-0.3, -0.25) is 0 Å². The molecule has 0 saturated heterocycles. The van der Waals surface area contributed by atoms with Crippen LogP contribution in [0.5, 0.6) is 11.6 Å². The number of hydrogen-bond donors (Lipinski definition) is 2. The first kappa shape index (κ1) is 23.1. The van der Waals surface area contributed by atoms with Gasteiger partial charge in [0.25, 0.3) is 0 Å². The van der Waals surface area contributed by atoms with Gasteiger partial charge < -0.3 is 19.9 Å². The maximum Gasteiger partial charge on any atom is 0.407 e.